The number of aliphatic carboxylic acids is 1. The van der Waals surface area contributed by atoms with Gasteiger partial charge in [0.1, 0.15) is 17.6 Å². The van der Waals surface area contributed by atoms with Crippen molar-refractivity contribution in [2.45, 2.75) is 52.2 Å². The van der Waals surface area contributed by atoms with Crippen LogP contribution in [0.1, 0.15) is 48.9 Å². The van der Waals surface area contributed by atoms with Crippen LogP contribution in [0.3, 0.4) is 0 Å². The molecule has 1 heterocycles. The highest BCUT2D eigenvalue weighted by atomic mass is 16.5. The molecule has 180 valence electrons. The first-order valence-electron chi connectivity index (χ1n) is 11.2. The van der Waals surface area contributed by atoms with Crippen molar-refractivity contribution in [1.29, 1.82) is 0 Å². The predicted molar refractivity (Wildman–Crippen MR) is 126 cm³/mol. The van der Waals surface area contributed by atoms with Gasteiger partial charge in [-0.15, -0.1) is 0 Å². The standard InChI is InChI=1S/C26H30N2O6/c1-16(2)33-26(31)24(27)21-15-20(11-9-18(21)10-12-23(29)30)32-14-13-22-17(3)34-25(28-22)19-7-5-4-6-8-19/h4-9,11,15-16,24H,10,12-14,27H2,1-3H3,(H,29,30). The molecule has 0 aliphatic carbocycles. The van der Waals surface area contributed by atoms with Crippen LogP contribution in [-0.2, 0) is 27.2 Å². The van der Waals surface area contributed by atoms with Gasteiger partial charge in [0.15, 0.2) is 0 Å². The molecule has 1 unspecified atom stereocenters. The Balaban J connectivity index is 1.71. The predicted octanol–water partition coefficient (Wildman–Crippen LogP) is 4.24. The van der Waals surface area contributed by atoms with Crippen molar-refractivity contribution in [1.82, 2.24) is 4.98 Å². The number of aryl methyl sites for hydroxylation is 2. The van der Waals surface area contributed by atoms with Crippen molar-refractivity contribution in [2.75, 3.05) is 6.61 Å². The van der Waals surface area contributed by atoms with Crippen LogP contribution in [0.5, 0.6) is 5.75 Å². The van der Waals surface area contributed by atoms with Gasteiger partial charge in [0.25, 0.3) is 0 Å². The maximum absolute atomic E-state index is 12.4. The van der Waals surface area contributed by atoms with E-state index in [4.69, 9.17) is 24.7 Å². The summed E-state index contributed by atoms with van der Waals surface area (Å²) in [7, 11) is 0. The van der Waals surface area contributed by atoms with E-state index in [0.717, 1.165) is 17.0 Å². The summed E-state index contributed by atoms with van der Waals surface area (Å²) in [6.45, 7) is 5.68. The van der Waals surface area contributed by atoms with Crippen molar-refractivity contribution < 1.29 is 28.6 Å². The van der Waals surface area contributed by atoms with Crippen molar-refractivity contribution in [3.8, 4) is 17.2 Å². The zero-order valence-corrected chi connectivity index (χ0v) is 19.6. The summed E-state index contributed by atoms with van der Waals surface area (Å²) in [6, 6.07) is 13.8. The van der Waals surface area contributed by atoms with E-state index in [0.29, 0.717) is 35.8 Å². The van der Waals surface area contributed by atoms with Crippen molar-refractivity contribution in [3.05, 3.63) is 71.1 Å². The molecule has 0 amide bonds. The van der Waals surface area contributed by atoms with E-state index in [1.54, 1.807) is 32.0 Å². The second kappa shape index (κ2) is 11.5. The number of rotatable bonds is 11. The molecule has 3 N–H and O–H groups in total. The fourth-order valence-electron chi connectivity index (χ4n) is 3.48. The number of oxazole rings is 1. The third kappa shape index (κ3) is 6.68. The summed E-state index contributed by atoms with van der Waals surface area (Å²) in [5.41, 5.74) is 9.03. The van der Waals surface area contributed by atoms with Crippen molar-refractivity contribution in [3.63, 3.8) is 0 Å². The van der Waals surface area contributed by atoms with Gasteiger partial charge in [0.05, 0.1) is 18.4 Å². The van der Waals surface area contributed by atoms with Gasteiger partial charge in [-0.1, -0.05) is 24.3 Å². The van der Waals surface area contributed by atoms with E-state index >= 15 is 0 Å². The van der Waals surface area contributed by atoms with Gasteiger partial charge < -0.3 is 24.7 Å². The van der Waals surface area contributed by atoms with Crippen LogP contribution in [0.25, 0.3) is 11.5 Å². The van der Waals surface area contributed by atoms with Crippen LogP contribution in [-0.4, -0.2) is 34.7 Å². The summed E-state index contributed by atoms with van der Waals surface area (Å²) >= 11 is 0. The molecule has 0 fully saturated rings. The molecule has 0 bridgehead atoms. The second-order valence-electron chi connectivity index (χ2n) is 8.20. The number of hydrogen-bond donors (Lipinski definition) is 2. The summed E-state index contributed by atoms with van der Waals surface area (Å²) < 4.78 is 16.9. The Kier molecular flexibility index (Phi) is 8.43. The SMILES string of the molecule is Cc1oc(-c2ccccc2)nc1CCOc1ccc(CCC(=O)O)c(C(N)C(=O)OC(C)C)c1. The fourth-order valence-corrected chi connectivity index (χ4v) is 3.48. The van der Waals surface area contributed by atoms with E-state index in [9.17, 15) is 9.59 Å². The molecular weight excluding hydrogens is 436 g/mol. The number of carbonyl (C=O) groups excluding carboxylic acids is 1. The van der Waals surface area contributed by atoms with Gasteiger partial charge in [0, 0.05) is 18.4 Å². The molecule has 2 aromatic carbocycles. The number of hydrogen-bond acceptors (Lipinski definition) is 7. The number of nitrogens with zero attached hydrogens (tertiary/aromatic N) is 1. The average Bonchev–Trinajstić information content (AvgIpc) is 3.18. The lowest BCUT2D eigenvalue weighted by molar-refractivity contribution is -0.149. The molecule has 0 saturated heterocycles. The minimum absolute atomic E-state index is 0.0751. The maximum Gasteiger partial charge on any atom is 0.327 e. The Labute approximate surface area is 198 Å². The number of esters is 1. The maximum atomic E-state index is 12.4. The lowest BCUT2D eigenvalue weighted by atomic mass is 9.97. The van der Waals surface area contributed by atoms with Gasteiger partial charge in [0.2, 0.25) is 5.89 Å². The first-order chi connectivity index (χ1) is 16.2. The van der Waals surface area contributed by atoms with Gasteiger partial charge in [-0.3, -0.25) is 4.79 Å². The van der Waals surface area contributed by atoms with E-state index in [1.807, 2.05) is 37.3 Å². The highest BCUT2D eigenvalue weighted by Crippen LogP contribution is 2.26. The van der Waals surface area contributed by atoms with Crippen LogP contribution in [0.4, 0.5) is 0 Å². The molecule has 0 aliphatic rings. The number of ether oxygens (including phenoxy) is 2. The van der Waals surface area contributed by atoms with Crippen LogP contribution >= 0.6 is 0 Å². The molecule has 8 nitrogen and oxygen atoms in total. The quantitative estimate of drug-likeness (QED) is 0.402. The summed E-state index contributed by atoms with van der Waals surface area (Å²) in [4.78, 5) is 28.0. The van der Waals surface area contributed by atoms with Gasteiger partial charge >= 0.3 is 11.9 Å². The fraction of sp³-hybridized carbons (Fsp3) is 0.346. The zero-order valence-electron chi connectivity index (χ0n) is 19.6. The second-order valence-corrected chi connectivity index (χ2v) is 8.20. The number of carbonyl (C=O) groups is 2. The molecule has 0 aliphatic heterocycles. The van der Waals surface area contributed by atoms with E-state index < -0.39 is 18.0 Å². The Hall–Kier alpha value is -3.65. The van der Waals surface area contributed by atoms with E-state index in [1.165, 1.54) is 0 Å². The minimum atomic E-state index is -1.04. The topological polar surface area (TPSA) is 125 Å². The molecule has 34 heavy (non-hydrogen) atoms. The highest BCUT2D eigenvalue weighted by molar-refractivity contribution is 5.78. The molecule has 3 aromatic rings. The molecule has 0 saturated carbocycles. The Morgan fingerprint density at radius 3 is 2.53 bits per heavy atom. The molecule has 1 aromatic heterocycles. The monoisotopic (exact) mass is 466 g/mol. The van der Waals surface area contributed by atoms with E-state index in [2.05, 4.69) is 4.98 Å². The van der Waals surface area contributed by atoms with Crippen molar-refractivity contribution >= 4 is 11.9 Å². The lowest BCUT2D eigenvalue weighted by Crippen LogP contribution is -2.27. The van der Waals surface area contributed by atoms with E-state index in [-0.39, 0.29) is 18.9 Å². The largest absolute Gasteiger partial charge is 0.493 e. The number of aromatic nitrogens is 1. The van der Waals surface area contributed by atoms with Gasteiger partial charge in [-0.25, -0.2) is 9.78 Å². The number of carboxylic acid groups (broad SMARTS) is 1. The smallest absolute Gasteiger partial charge is 0.327 e. The van der Waals surface area contributed by atoms with Crippen LogP contribution in [0.15, 0.2) is 52.9 Å². The molecule has 3 rings (SSSR count). The molecule has 1 atom stereocenters. The third-order valence-electron chi connectivity index (χ3n) is 5.19. The van der Waals surface area contributed by atoms with Crippen LogP contribution < -0.4 is 10.5 Å². The first kappa shape index (κ1) is 25.0. The number of nitrogens with two attached hydrogens (primary N) is 1. The van der Waals surface area contributed by atoms with Crippen molar-refractivity contribution in [2.24, 2.45) is 5.73 Å². The summed E-state index contributed by atoms with van der Waals surface area (Å²) in [5.74, 6) is 0.308. The Bertz CT molecular complexity index is 1120. The molecule has 0 radical (unpaired) electrons. The Morgan fingerprint density at radius 1 is 1.12 bits per heavy atom. The minimum Gasteiger partial charge on any atom is -0.493 e. The van der Waals surface area contributed by atoms with Crippen LogP contribution in [0.2, 0.25) is 0 Å². The first-order valence-corrected chi connectivity index (χ1v) is 11.2. The molecule has 8 heteroatoms. The summed E-state index contributed by atoms with van der Waals surface area (Å²) in [5, 5.41) is 9.05. The number of carboxylic acids is 1. The number of benzene rings is 2. The normalized spacial score (nSPS) is 11.9. The average molecular weight is 467 g/mol. The highest BCUT2D eigenvalue weighted by Gasteiger charge is 2.22. The molecule has 0 spiro atoms. The molecular formula is C26H30N2O6. The van der Waals surface area contributed by atoms with Crippen LogP contribution in [0, 0.1) is 6.92 Å². The lowest BCUT2D eigenvalue weighted by Gasteiger charge is -2.18. The zero-order chi connectivity index (χ0) is 24.7. The van der Waals surface area contributed by atoms with Gasteiger partial charge in [-0.2, -0.15) is 0 Å². The summed E-state index contributed by atoms with van der Waals surface area (Å²) in [6.07, 6.45) is 0.383. The Morgan fingerprint density at radius 2 is 1.85 bits per heavy atom. The van der Waals surface area contributed by atoms with Gasteiger partial charge in [-0.05, 0) is 62.6 Å². The third-order valence-corrected chi connectivity index (χ3v) is 5.19.